The van der Waals surface area contributed by atoms with Crippen molar-refractivity contribution in [3.05, 3.63) is 42.4 Å². The Morgan fingerprint density at radius 2 is 1.97 bits per heavy atom. The van der Waals surface area contributed by atoms with Crippen LogP contribution in [0.2, 0.25) is 0 Å². The molecule has 32 heavy (non-hydrogen) atoms. The number of ether oxygens (including phenoxy) is 2. The number of nitrogens with one attached hydrogen (secondary N) is 1. The topological polar surface area (TPSA) is 81.5 Å². The molecule has 1 amide bonds. The van der Waals surface area contributed by atoms with E-state index >= 15 is 0 Å². The lowest BCUT2D eigenvalue weighted by molar-refractivity contribution is -0.0494. The molecule has 0 aliphatic carbocycles. The SMILES string of the molecule is Cn1cnc2cnc(Nc3ccc(C4CN(C(=O)OC(C)(C)C)C4)cc3OC(F)F)cc21. The van der Waals surface area contributed by atoms with E-state index in [0.717, 1.165) is 16.6 Å². The van der Waals surface area contributed by atoms with Crippen LogP contribution in [0.4, 0.5) is 25.1 Å². The molecular weight excluding hydrogens is 420 g/mol. The number of hydrogen-bond donors (Lipinski definition) is 1. The number of aryl methyl sites for hydroxylation is 1. The second kappa shape index (κ2) is 8.25. The smallest absolute Gasteiger partial charge is 0.410 e. The average Bonchev–Trinajstić information content (AvgIpc) is 3.01. The summed E-state index contributed by atoms with van der Waals surface area (Å²) >= 11 is 0. The molecular formula is C22H25F2N5O3. The number of imidazole rings is 1. The van der Waals surface area contributed by atoms with Crippen molar-refractivity contribution in [2.24, 2.45) is 7.05 Å². The molecule has 0 spiro atoms. The van der Waals surface area contributed by atoms with Crippen molar-refractivity contribution < 1.29 is 23.0 Å². The number of amides is 1. The molecule has 170 valence electrons. The van der Waals surface area contributed by atoms with Gasteiger partial charge in [-0.2, -0.15) is 8.78 Å². The largest absolute Gasteiger partial charge is 0.444 e. The van der Waals surface area contributed by atoms with Crippen LogP contribution in [0.25, 0.3) is 11.0 Å². The summed E-state index contributed by atoms with van der Waals surface area (Å²) in [6, 6.07) is 6.87. The van der Waals surface area contributed by atoms with Crippen LogP contribution in [-0.4, -0.2) is 50.8 Å². The van der Waals surface area contributed by atoms with E-state index in [-0.39, 0.29) is 17.8 Å². The van der Waals surface area contributed by atoms with Crippen molar-refractivity contribution in [2.45, 2.75) is 38.9 Å². The molecule has 2 aromatic heterocycles. The average molecular weight is 445 g/mol. The standard InChI is InChI=1S/C22H25F2N5O3/c1-22(2,3)32-21(30)29-10-14(11-29)13-5-6-15(18(7-13)31-20(23)24)27-19-8-17-16(9-25-19)26-12-28(17)4/h5-9,12,14,20H,10-11H2,1-4H3,(H,25,27). The Hall–Kier alpha value is -3.43. The Balaban J connectivity index is 1.50. The van der Waals surface area contributed by atoms with Gasteiger partial charge in [0, 0.05) is 32.1 Å². The molecule has 1 N–H and O–H groups in total. The highest BCUT2D eigenvalue weighted by molar-refractivity contribution is 5.79. The molecule has 0 unspecified atom stereocenters. The maximum absolute atomic E-state index is 13.1. The van der Waals surface area contributed by atoms with Crippen LogP contribution >= 0.6 is 0 Å². The molecule has 1 fully saturated rings. The van der Waals surface area contributed by atoms with Crippen molar-refractivity contribution in [3.8, 4) is 5.75 Å². The van der Waals surface area contributed by atoms with Crippen LogP contribution in [0.1, 0.15) is 32.3 Å². The van der Waals surface area contributed by atoms with Crippen LogP contribution in [0.15, 0.2) is 36.8 Å². The van der Waals surface area contributed by atoms with Gasteiger partial charge in [0.25, 0.3) is 0 Å². The number of alkyl halides is 2. The minimum atomic E-state index is -2.97. The number of likely N-dealkylation sites (tertiary alicyclic amines) is 1. The predicted molar refractivity (Wildman–Crippen MR) is 115 cm³/mol. The van der Waals surface area contributed by atoms with E-state index in [1.807, 2.05) is 38.5 Å². The first kappa shape index (κ1) is 21.8. The molecule has 0 radical (unpaired) electrons. The van der Waals surface area contributed by atoms with Gasteiger partial charge in [0.15, 0.2) is 0 Å². The minimum absolute atomic E-state index is 0.0140. The molecule has 1 aromatic carbocycles. The third-order valence-electron chi connectivity index (χ3n) is 5.10. The number of halogens is 2. The lowest BCUT2D eigenvalue weighted by atomic mass is 9.91. The Morgan fingerprint density at radius 3 is 2.66 bits per heavy atom. The number of nitrogens with zero attached hydrogens (tertiary/aromatic N) is 4. The van der Waals surface area contributed by atoms with E-state index in [2.05, 4.69) is 15.3 Å². The molecule has 4 rings (SSSR count). The molecule has 10 heteroatoms. The summed E-state index contributed by atoms with van der Waals surface area (Å²) in [4.78, 5) is 22.2. The normalized spacial score (nSPS) is 14.5. The second-order valence-electron chi connectivity index (χ2n) is 8.76. The molecule has 3 aromatic rings. The summed E-state index contributed by atoms with van der Waals surface area (Å²) < 4.78 is 38.1. The zero-order chi connectivity index (χ0) is 23.0. The highest BCUT2D eigenvalue weighted by Gasteiger charge is 2.35. The van der Waals surface area contributed by atoms with Crippen molar-refractivity contribution in [2.75, 3.05) is 18.4 Å². The number of benzene rings is 1. The van der Waals surface area contributed by atoms with Gasteiger partial charge in [0.2, 0.25) is 0 Å². The zero-order valence-electron chi connectivity index (χ0n) is 18.3. The van der Waals surface area contributed by atoms with Crippen molar-refractivity contribution in [1.82, 2.24) is 19.4 Å². The maximum atomic E-state index is 13.1. The number of rotatable bonds is 5. The molecule has 1 aliphatic heterocycles. The second-order valence-corrected chi connectivity index (χ2v) is 8.76. The van der Waals surface area contributed by atoms with E-state index in [1.165, 1.54) is 0 Å². The summed E-state index contributed by atoms with van der Waals surface area (Å²) in [7, 11) is 1.86. The molecule has 0 saturated carbocycles. The summed E-state index contributed by atoms with van der Waals surface area (Å²) in [5.41, 5.74) is 2.19. The molecule has 0 bridgehead atoms. The Bertz CT molecular complexity index is 1140. The van der Waals surface area contributed by atoms with E-state index in [4.69, 9.17) is 9.47 Å². The summed E-state index contributed by atoms with van der Waals surface area (Å²) in [6.45, 7) is 3.36. The highest BCUT2D eigenvalue weighted by atomic mass is 19.3. The molecule has 3 heterocycles. The fraction of sp³-hybridized carbons (Fsp3) is 0.409. The Labute approximate surface area is 184 Å². The van der Waals surface area contributed by atoms with E-state index < -0.39 is 12.2 Å². The minimum Gasteiger partial charge on any atom is -0.444 e. The fourth-order valence-electron chi connectivity index (χ4n) is 3.49. The number of hydrogen-bond acceptors (Lipinski definition) is 6. The van der Waals surface area contributed by atoms with E-state index in [1.54, 1.807) is 35.6 Å². The monoisotopic (exact) mass is 445 g/mol. The first-order chi connectivity index (χ1) is 15.1. The van der Waals surface area contributed by atoms with Gasteiger partial charge in [0.05, 0.1) is 23.7 Å². The third-order valence-corrected chi connectivity index (χ3v) is 5.10. The number of carbonyl (C=O) groups is 1. The van der Waals surface area contributed by atoms with Crippen LogP contribution in [-0.2, 0) is 11.8 Å². The lowest BCUT2D eigenvalue weighted by Crippen LogP contribution is -2.50. The van der Waals surface area contributed by atoms with Crippen LogP contribution < -0.4 is 10.1 Å². The van der Waals surface area contributed by atoms with Crippen molar-refractivity contribution in [1.29, 1.82) is 0 Å². The fourth-order valence-corrected chi connectivity index (χ4v) is 3.49. The van der Waals surface area contributed by atoms with Gasteiger partial charge >= 0.3 is 12.7 Å². The maximum Gasteiger partial charge on any atom is 0.410 e. The van der Waals surface area contributed by atoms with E-state index in [0.29, 0.717) is 24.6 Å². The number of fused-ring (bicyclic) bond motifs is 1. The molecule has 0 atom stereocenters. The predicted octanol–water partition coefficient (Wildman–Crippen LogP) is 4.65. The van der Waals surface area contributed by atoms with Gasteiger partial charge in [-0.3, -0.25) is 0 Å². The first-order valence-corrected chi connectivity index (χ1v) is 10.2. The van der Waals surface area contributed by atoms with Crippen LogP contribution in [0.5, 0.6) is 5.75 Å². The van der Waals surface area contributed by atoms with Gasteiger partial charge in [-0.1, -0.05) is 6.07 Å². The van der Waals surface area contributed by atoms with Gasteiger partial charge in [-0.15, -0.1) is 0 Å². The van der Waals surface area contributed by atoms with Gasteiger partial charge < -0.3 is 24.3 Å². The van der Waals surface area contributed by atoms with E-state index in [9.17, 15) is 13.6 Å². The third kappa shape index (κ3) is 4.74. The summed E-state index contributed by atoms with van der Waals surface area (Å²) in [5.74, 6) is 0.508. The molecule has 1 saturated heterocycles. The van der Waals surface area contributed by atoms with Crippen LogP contribution in [0, 0.1) is 0 Å². The Kier molecular flexibility index (Phi) is 5.62. The summed E-state index contributed by atoms with van der Waals surface area (Å²) in [6.07, 6.45) is 2.90. The summed E-state index contributed by atoms with van der Waals surface area (Å²) in [5, 5.41) is 3.05. The van der Waals surface area contributed by atoms with Gasteiger partial charge in [0.1, 0.15) is 22.7 Å². The van der Waals surface area contributed by atoms with Gasteiger partial charge in [-0.05, 0) is 38.5 Å². The zero-order valence-corrected chi connectivity index (χ0v) is 18.3. The number of carbonyl (C=O) groups excluding carboxylic acids is 1. The van der Waals surface area contributed by atoms with Crippen molar-refractivity contribution >= 4 is 28.6 Å². The quantitative estimate of drug-likeness (QED) is 0.616. The highest BCUT2D eigenvalue weighted by Crippen LogP contribution is 2.36. The molecule has 8 nitrogen and oxygen atoms in total. The number of aromatic nitrogens is 3. The Morgan fingerprint density at radius 1 is 1.22 bits per heavy atom. The van der Waals surface area contributed by atoms with Gasteiger partial charge in [-0.25, -0.2) is 14.8 Å². The van der Waals surface area contributed by atoms with Crippen molar-refractivity contribution in [3.63, 3.8) is 0 Å². The lowest BCUT2D eigenvalue weighted by Gasteiger charge is -2.40. The first-order valence-electron chi connectivity index (χ1n) is 10.2. The molecule has 1 aliphatic rings. The number of pyridine rings is 1. The number of anilines is 2. The van der Waals surface area contributed by atoms with Crippen LogP contribution in [0.3, 0.4) is 0 Å².